The molecule has 0 aliphatic carbocycles. The summed E-state index contributed by atoms with van der Waals surface area (Å²) in [4.78, 5) is 4.39. The van der Waals surface area contributed by atoms with Crippen LogP contribution in [0.2, 0.25) is 0 Å². The fourth-order valence-corrected chi connectivity index (χ4v) is 1.62. The standard InChI is InChI=1S/C11H11NO3/c1-6(2)11-12-7-3-4-8-10(9(7)15-11)14-5-13-8/h3-4,6H,5H2,1-2H3. The van der Waals surface area contributed by atoms with Gasteiger partial charge < -0.3 is 13.9 Å². The minimum absolute atomic E-state index is 0.256. The molecule has 1 aromatic heterocycles. The smallest absolute Gasteiger partial charge is 0.231 e. The van der Waals surface area contributed by atoms with Crippen LogP contribution in [0.3, 0.4) is 0 Å². The van der Waals surface area contributed by atoms with E-state index in [4.69, 9.17) is 13.9 Å². The second-order valence-corrected chi connectivity index (χ2v) is 3.85. The summed E-state index contributed by atoms with van der Waals surface area (Å²) in [7, 11) is 0. The SMILES string of the molecule is CC(C)c1nc2ccc3c(c2o1)OCO3. The van der Waals surface area contributed by atoms with Gasteiger partial charge in [0.2, 0.25) is 18.1 Å². The van der Waals surface area contributed by atoms with E-state index in [9.17, 15) is 0 Å². The van der Waals surface area contributed by atoms with E-state index in [1.54, 1.807) is 0 Å². The highest BCUT2D eigenvalue weighted by atomic mass is 16.7. The summed E-state index contributed by atoms with van der Waals surface area (Å²) in [5.74, 6) is 2.41. The molecule has 4 heteroatoms. The van der Waals surface area contributed by atoms with Crippen molar-refractivity contribution < 1.29 is 13.9 Å². The number of nitrogens with zero attached hydrogens (tertiary/aromatic N) is 1. The molecule has 4 nitrogen and oxygen atoms in total. The average Bonchev–Trinajstić information content (AvgIpc) is 2.82. The van der Waals surface area contributed by atoms with Gasteiger partial charge >= 0.3 is 0 Å². The first-order valence-electron chi connectivity index (χ1n) is 4.95. The van der Waals surface area contributed by atoms with Gasteiger partial charge in [-0.3, -0.25) is 0 Å². The lowest BCUT2D eigenvalue weighted by Crippen LogP contribution is -1.93. The average molecular weight is 205 g/mol. The third kappa shape index (κ3) is 1.17. The first kappa shape index (κ1) is 8.59. The Morgan fingerprint density at radius 3 is 2.93 bits per heavy atom. The van der Waals surface area contributed by atoms with Crippen molar-refractivity contribution in [2.24, 2.45) is 0 Å². The van der Waals surface area contributed by atoms with Gasteiger partial charge in [-0.2, -0.15) is 0 Å². The van der Waals surface area contributed by atoms with Gasteiger partial charge in [0, 0.05) is 5.92 Å². The molecule has 0 atom stereocenters. The van der Waals surface area contributed by atoms with Crippen LogP contribution in [0.5, 0.6) is 11.5 Å². The number of hydrogen-bond donors (Lipinski definition) is 0. The Bertz CT molecular complexity index is 516. The van der Waals surface area contributed by atoms with Crippen molar-refractivity contribution in [3.63, 3.8) is 0 Å². The molecule has 0 saturated heterocycles. The Kier molecular flexibility index (Phi) is 1.65. The van der Waals surface area contributed by atoms with Crippen molar-refractivity contribution in [1.82, 2.24) is 4.98 Å². The highest BCUT2D eigenvalue weighted by Crippen LogP contribution is 2.39. The van der Waals surface area contributed by atoms with Crippen molar-refractivity contribution >= 4 is 11.1 Å². The van der Waals surface area contributed by atoms with Crippen molar-refractivity contribution in [3.8, 4) is 11.5 Å². The highest BCUT2D eigenvalue weighted by Gasteiger charge is 2.21. The lowest BCUT2D eigenvalue weighted by molar-refractivity contribution is 0.174. The maximum Gasteiger partial charge on any atom is 0.231 e. The fourth-order valence-electron chi connectivity index (χ4n) is 1.62. The van der Waals surface area contributed by atoms with E-state index in [-0.39, 0.29) is 12.7 Å². The summed E-state index contributed by atoms with van der Waals surface area (Å²) in [5.41, 5.74) is 1.51. The van der Waals surface area contributed by atoms with Gasteiger partial charge in [0.05, 0.1) is 0 Å². The lowest BCUT2D eigenvalue weighted by Gasteiger charge is -1.95. The van der Waals surface area contributed by atoms with E-state index < -0.39 is 0 Å². The second kappa shape index (κ2) is 2.89. The topological polar surface area (TPSA) is 44.5 Å². The predicted molar refractivity (Wildman–Crippen MR) is 54.2 cm³/mol. The zero-order valence-electron chi connectivity index (χ0n) is 8.61. The fraction of sp³-hybridized carbons (Fsp3) is 0.364. The molecule has 1 aromatic carbocycles. The van der Waals surface area contributed by atoms with Crippen LogP contribution in [0.4, 0.5) is 0 Å². The number of hydrogen-bond acceptors (Lipinski definition) is 4. The Hall–Kier alpha value is -1.71. The van der Waals surface area contributed by atoms with Gasteiger partial charge in [0.1, 0.15) is 5.52 Å². The van der Waals surface area contributed by atoms with Crippen molar-refractivity contribution in [2.75, 3.05) is 6.79 Å². The number of rotatable bonds is 1. The maximum atomic E-state index is 5.66. The van der Waals surface area contributed by atoms with Gasteiger partial charge in [-0.15, -0.1) is 0 Å². The number of aromatic nitrogens is 1. The summed E-state index contributed by atoms with van der Waals surface area (Å²) in [5, 5.41) is 0. The molecule has 0 spiro atoms. The predicted octanol–water partition coefficient (Wildman–Crippen LogP) is 2.68. The Labute approximate surface area is 86.8 Å². The molecule has 0 fully saturated rings. The summed E-state index contributed by atoms with van der Waals surface area (Å²) < 4.78 is 16.3. The molecular weight excluding hydrogens is 194 g/mol. The normalized spacial score (nSPS) is 14.1. The van der Waals surface area contributed by atoms with Gasteiger partial charge in [-0.25, -0.2) is 4.98 Å². The van der Waals surface area contributed by atoms with Gasteiger partial charge in [-0.05, 0) is 12.1 Å². The first-order valence-corrected chi connectivity index (χ1v) is 4.95. The van der Waals surface area contributed by atoms with Crippen LogP contribution >= 0.6 is 0 Å². The second-order valence-electron chi connectivity index (χ2n) is 3.85. The van der Waals surface area contributed by atoms with Crippen LogP contribution in [0.15, 0.2) is 16.5 Å². The summed E-state index contributed by atoms with van der Waals surface area (Å²) in [6, 6.07) is 3.75. The summed E-state index contributed by atoms with van der Waals surface area (Å²) in [6.45, 7) is 4.34. The molecule has 0 bridgehead atoms. The molecule has 78 valence electrons. The molecule has 3 rings (SSSR count). The molecule has 1 aliphatic heterocycles. The third-order valence-electron chi connectivity index (χ3n) is 2.40. The molecule has 0 N–H and O–H groups in total. The highest BCUT2D eigenvalue weighted by molar-refractivity contribution is 5.83. The first-order chi connectivity index (χ1) is 7.25. The zero-order valence-corrected chi connectivity index (χ0v) is 8.61. The Balaban J connectivity index is 2.27. The zero-order chi connectivity index (χ0) is 10.4. The number of ether oxygens (including phenoxy) is 2. The number of fused-ring (bicyclic) bond motifs is 3. The lowest BCUT2D eigenvalue weighted by atomic mass is 10.2. The molecule has 15 heavy (non-hydrogen) atoms. The maximum absolute atomic E-state index is 5.66. The van der Waals surface area contributed by atoms with Crippen LogP contribution in [0.25, 0.3) is 11.1 Å². The Morgan fingerprint density at radius 1 is 1.27 bits per heavy atom. The van der Waals surface area contributed by atoms with Gasteiger partial charge in [0.25, 0.3) is 0 Å². The van der Waals surface area contributed by atoms with E-state index >= 15 is 0 Å². The van der Waals surface area contributed by atoms with Crippen LogP contribution in [-0.2, 0) is 0 Å². The van der Waals surface area contributed by atoms with Crippen LogP contribution in [0, 0.1) is 0 Å². The molecule has 0 amide bonds. The number of oxazole rings is 1. The van der Waals surface area contributed by atoms with E-state index in [1.807, 2.05) is 26.0 Å². The monoisotopic (exact) mass is 205 g/mol. The Morgan fingerprint density at radius 2 is 2.13 bits per heavy atom. The minimum atomic E-state index is 0.256. The van der Waals surface area contributed by atoms with Crippen molar-refractivity contribution in [3.05, 3.63) is 18.0 Å². The molecular formula is C11H11NO3. The molecule has 1 aliphatic rings. The minimum Gasteiger partial charge on any atom is -0.453 e. The van der Waals surface area contributed by atoms with E-state index in [0.717, 1.165) is 17.2 Å². The van der Waals surface area contributed by atoms with E-state index in [0.29, 0.717) is 11.3 Å². The van der Waals surface area contributed by atoms with Crippen LogP contribution in [-0.4, -0.2) is 11.8 Å². The van der Waals surface area contributed by atoms with Gasteiger partial charge in [-0.1, -0.05) is 13.8 Å². The van der Waals surface area contributed by atoms with Crippen molar-refractivity contribution in [1.29, 1.82) is 0 Å². The van der Waals surface area contributed by atoms with Crippen molar-refractivity contribution in [2.45, 2.75) is 19.8 Å². The molecule has 0 saturated carbocycles. The number of benzene rings is 1. The summed E-state index contributed by atoms with van der Waals surface area (Å²) in [6.07, 6.45) is 0. The summed E-state index contributed by atoms with van der Waals surface area (Å²) >= 11 is 0. The van der Waals surface area contributed by atoms with Crippen LogP contribution < -0.4 is 9.47 Å². The van der Waals surface area contributed by atoms with Gasteiger partial charge in [0.15, 0.2) is 11.6 Å². The van der Waals surface area contributed by atoms with E-state index in [2.05, 4.69) is 4.98 Å². The molecule has 0 unspecified atom stereocenters. The molecule has 2 heterocycles. The van der Waals surface area contributed by atoms with E-state index in [1.165, 1.54) is 0 Å². The third-order valence-corrected chi connectivity index (χ3v) is 2.40. The van der Waals surface area contributed by atoms with Crippen LogP contribution in [0.1, 0.15) is 25.7 Å². The molecule has 2 aromatic rings. The largest absolute Gasteiger partial charge is 0.453 e. The molecule has 0 radical (unpaired) electrons. The quantitative estimate of drug-likeness (QED) is 0.718.